The summed E-state index contributed by atoms with van der Waals surface area (Å²) in [5.41, 5.74) is 2.66. The fourth-order valence-corrected chi connectivity index (χ4v) is 3.57. The number of ether oxygens (including phenoxy) is 1. The zero-order chi connectivity index (χ0) is 21.8. The second-order valence-corrected chi connectivity index (χ2v) is 7.56. The van der Waals surface area contributed by atoms with Crippen LogP contribution in [0.25, 0.3) is 11.2 Å². The zero-order valence-corrected chi connectivity index (χ0v) is 17.9. The Kier molecular flexibility index (Phi) is 5.97. The van der Waals surface area contributed by atoms with E-state index in [0.717, 1.165) is 34.1 Å². The summed E-state index contributed by atoms with van der Waals surface area (Å²) in [6.07, 6.45) is 5.39. The highest BCUT2D eigenvalue weighted by atomic mass is 16.5. The number of pyridine rings is 1. The summed E-state index contributed by atoms with van der Waals surface area (Å²) >= 11 is 0. The lowest BCUT2D eigenvalue weighted by Gasteiger charge is -2.15. The lowest BCUT2D eigenvalue weighted by Crippen LogP contribution is -2.32. The van der Waals surface area contributed by atoms with Crippen LogP contribution in [-0.2, 0) is 24.4 Å². The van der Waals surface area contributed by atoms with Crippen molar-refractivity contribution in [3.8, 4) is 5.75 Å². The molecular weight excluding hydrogens is 392 g/mol. The summed E-state index contributed by atoms with van der Waals surface area (Å²) in [5.74, 6) is 2.23. The average molecular weight is 419 g/mol. The van der Waals surface area contributed by atoms with E-state index in [1.165, 1.54) is 0 Å². The number of carbonyl (C=O) groups excluding carboxylic acids is 1. The van der Waals surface area contributed by atoms with Crippen molar-refractivity contribution in [1.29, 1.82) is 0 Å². The number of rotatable bonds is 8. The quantitative estimate of drug-likeness (QED) is 0.475. The van der Waals surface area contributed by atoms with Crippen LogP contribution in [0, 0.1) is 12.8 Å². The van der Waals surface area contributed by atoms with Crippen LogP contribution >= 0.6 is 0 Å². The summed E-state index contributed by atoms with van der Waals surface area (Å²) in [6.45, 7) is 5.33. The zero-order valence-electron chi connectivity index (χ0n) is 17.9. The molecule has 0 saturated carbocycles. The van der Waals surface area contributed by atoms with Crippen LogP contribution in [0.4, 0.5) is 0 Å². The van der Waals surface area contributed by atoms with Crippen molar-refractivity contribution < 1.29 is 9.53 Å². The third-order valence-corrected chi connectivity index (χ3v) is 5.32. The number of nitrogens with zero attached hydrogens (tertiary/aromatic N) is 5. The summed E-state index contributed by atoms with van der Waals surface area (Å²) in [4.78, 5) is 26.1. The number of hydrogen-bond acceptors (Lipinski definition) is 5. The molecule has 1 atom stereocenters. The minimum Gasteiger partial charge on any atom is -0.497 e. The molecule has 0 aliphatic heterocycles. The third kappa shape index (κ3) is 4.58. The number of hydrogen-bond donors (Lipinski definition) is 1. The predicted molar refractivity (Wildman–Crippen MR) is 118 cm³/mol. The van der Waals surface area contributed by atoms with Crippen molar-refractivity contribution in [3.63, 3.8) is 0 Å². The van der Waals surface area contributed by atoms with Gasteiger partial charge in [-0.15, -0.1) is 0 Å². The van der Waals surface area contributed by atoms with Crippen molar-refractivity contribution in [2.24, 2.45) is 5.92 Å². The van der Waals surface area contributed by atoms with E-state index < -0.39 is 0 Å². The highest BCUT2D eigenvalue weighted by Gasteiger charge is 2.17. The van der Waals surface area contributed by atoms with Gasteiger partial charge < -0.3 is 19.2 Å². The number of nitrogens with one attached hydrogen (secondary N) is 1. The molecule has 4 aromatic rings. The molecule has 1 N–H and O–H groups in total. The number of carbonyl (C=O) groups is 1. The monoisotopic (exact) mass is 418 g/mol. The van der Waals surface area contributed by atoms with Gasteiger partial charge in [0.2, 0.25) is 5.91 Å². The van der Waals surface area contributed by atoms with Crippen molar-refractivity contribution >= 4 is 17.1 Å². The van der Waals surface area contributed by atoms with Gasteiger partial charge in [-0.25, -0.2) is 15.0 Å². The first-order valence-corrected chi connectivity index (χ1v) is 10.2. The summed E-state index contributed by atoms with van der Waals surface area (Å²) < 4.78 is 9.36. The van der Waals surface area contributed by atoms with E-state index in [9.17, 15) is 4.79 Å². The molecule has 0 radical (unpaired) electrons. The maximum Gasteiger partial charge on any atom is 0.225 e. The number of imidazole rings is 2. The highest BCUT2D eigenvalue weighted by molar-refractivity contribution is 5.78. The summed E-state index contributed by atoms with van der Waals surface area (Å²) in [6, 6.07) is 11.7. The molecule has 0 unspecified atom stereocenters. The van der Waals surface area contributed by atoms with Gasteiger partial charge in [0.1, 0.15) is 22.9 Å². The molecule has 1 aromatic carbocycles. The van der Waals surface area contributed by atoms with Gasteiger partial charge in [0.25, 0.3) is 0 Å². The van der Waals surface area contributed by atoms with Crippen LogP contribution in [0.3, 0.4) is 0 Å². The third-order valence-electron chi connectivity index (χ3n) is 5.32. The molecule has 0 saturated heterocycles. The fourth-order valence-electron chi connectivity index (χ4n) is 3.57. The van der Waals surface area contributed by atoms with Gasteiger partial charge >= 0.3 is 0 Å². The van der Waals surface area contributed by atoms with Gasteiger partial charge in [0, 0.05) is 25.1 Å². The number of aromatic nitrogens is 5. The number of amides is 1. The number of fused-ring (bicyclic) bond motifs is 1. The maximum absolute atomic E-state index is 12.7. The minimum absolute atomic E-state index is 0.0268. The standard InChI is InChI=1S/C23H26N6O2/c1-16(14-28-11-10-24-17(28)2)23(30)26-13-21-27-20-8-5-9-25-22(20)29(21)15-18-6-4-7-19(12-18)31-3/h4-12,16H,13-15H2,1-3H3,(H,26,30)/t16-/m1/s1. The maximum atomic E-state index is 12.7. The second-order valence-electron chi connectivity index (χ2n) is 7.56. The Morgan fingerprint density at radius 2 is 2.06 bits per heavy atom. The molecule has 1 amide bonds. The van der Waals surface area contributed by atoms with Gasteiger partial charge in [0.15, 0.2) is 5.65 Å². The van der Waals surface area contributed by atoms with E-state index in [4.69, 9.17) is 9.72 Å². The first-order chi connectivity index (χ1) is 15.0. The topological polar surface area (TPSA) is 86.9 Å². The SMILES string of the molecule is COc1cccc(Cn2c(CNC(=O)[C@H](C)Cn3ccnc3C)nc3cccnc32)c1. The van der Waals surface area contributed by atoms with Crippen molar-refractivity contribution in [2.75, 3.05) is 7.11 Å². The number of aryl methyl sites for hydroxylation is 1. The largest absolute Gasteiger partial charge is 0.497 e. The first kappa shape index (κ1) is 20.6. The Morgan fingerprint density at radius 3 is 2.84 bits per heavy atom. The van der Waals surface area contributed by atoms with Gasteiger partial charge in [-0.3, -0.25) is 4.79 Å². The van der Waals surface area contributed by atoms with Crippen LogP contribution in [0.15, 0.2) is 55.0 Å². The molecule has 8 heteroatoms. The molecule has 3 heterocycles. The van der Waals surface area contributed by atoms with Crippen molar-refractivity contribution in [3.05, 3.63) is 72.2 Å². The molecule has 31 heavy (non-hydrogen) atoms. The molecule has 0 bridgehead atoms. The van der Waals surface area contributed by atoms with Crippen LogP contribution in [0.1, 0.15) is 24.1 Å². The van der Waals surface area contributed by atoms with Gasteiger partial charge in [-0.2, -0.15) is 0 Å². The Balaban J connectivity index is 1.52. The molecule has 0 fully saturated rings. The Morgan fingerprint density at radius 1 is 1.19 bits per heavy atom. The average Bonchev–Trinajstić information content (AvgIpc) is 3.35. The van der Waals surface area contributed by atoms with Gasteiger partial charge in [-0.1, -0.05) is 19.1 Å². The lowest BCUT2D eigenvalue weighted by atomic mass is 10.1. The normalized spacial score (nSPS) is 12.1. The molecule has 4 rings (SSSR count). The Hall–Kier alpha value is -3.68. The first-order valence-electron chi connectivity index (χ1n) is 10.2. The smallest absolute Gasteiger partial charge is 0.225 e. The van der Waals surface area contributed by atoms with E-state index in [1.54, 1.807) is 19.5 Å². The van der Waals surface area contributed by atoms with E-state index in [0.29, 0.717) is 19.6 Å². The van der Waals surface area contributed by atoms with Crippen LogP contribution < -0.4 is 10.1 Å². The molecule has 160 valence electrons. The van der Waals surface area contributed by atoms with Crippen molar-refractivity contribution in [1.82, 2.24) is 29.4 Å². The van der Waals surface area contributed by atoms with E-state index in [1.807, 2.05) is 65.6 Å². The summed E-state index contributed by atoms with van der Waals surface area (Å²) in [5, 5.41) is 3.03. The van der Waals surface area contributed by atoms with E-state index in [-0.39, 0.29) is 11.8 Å². The molecule has 0 aliphatic carbocycles. The lowest BCUT2D eigenvalue weighted by molar-refractivity contribution is -0.125. The number of methoxy groups -OCH3 is 1. The number of benzene rings is 1. The fraction of sp³-hybridized carbons (Fsp3) is 0.304. The Labute approximate surface area is 180 Å². The molecular formula is C23H26N6O2. The van der Waals surface area contributed by atoms with Crippen LogP contribution in [-0.4, -0.2) is 37.1 Å². The second kappa shape index (κ2) is 8.99. The van der Waals surface area contributed by atoms with Gasteiger partial charge in [0.05, 0.1) is 26.1 Å². The predicted octanol–water partition coefficient (Wildman–Crippen LogP) is 2.95. The van der Waals surface area contributed by atoms with Gasteiger partial charge in [-0.05, 0) is 36.8 Å². The minimum atomic E-state index is -0.192. The van der Waals surface area contributed by atoms with Crippen molar-refractivity contribution in [2.45, 2.75) is 33.5 Å². The van der Waals surface area contributed by atoms with E-state index in [2.05, 4.69) is 15.3 Å². The van der Waals surface area contributed by atoms with Crippen LogP contribution in [0.2, 0.25) is 0 Å². The van der Waals surface area contributed by atoms with E-state index >= 15 is 0 Å². The molecule has 8 nitrogen and oxygen atoms in total. The molecule has 3 aromatic heterocycles. The summed E-state index contributed by atoms with van der Waals surface area (Å²) in [7, 11) is 1.65. The highest BCUT2D eigenvalue weighted by Crippen LogP contribution is 2.19. The Bertz CT molecular complexity index is 1200. The molecule has 0 aliphatic rings. The molecule has 0 spiro atoms. The van der Waals surface area contributed by atoms with Crippen LogP contribution in [0.5, 0.6) is 5.75 Å².